The summed E-state index contributed by atoms with van der Waals surface area (Å²) >= 11 is 0. The highest BCUT2D eigenvalue weighted by atomic mass is 32.2. The molecule has 0 bridgehead atoms. The summed E-state index contributed by atoms with van der Waals surface area (Å²) in [6.45, 7) is 3.04. The second-order valence-corrected chi connectivity index (χ2v) is 8.99. The van der Waals surface area contributed by atoms with E-state index in [0.29, 0.717) is 31.0 Å². The Morgan fingerprint density at radius 3 is 2.40 bits per heavy atom. The molecular weight excluding hydrogens is 336 g/mol. The van der Waals surface area contributed by atoms with E-state index >= 15 is 0 Å². The maximum absolute atomic E-state index is 12.1. The minimum atomic E-state index is -3.36. The van der Waals surface area contributed by atoms with E-state index in [1.54, 1.807) is 12.1 Å². The quantitative estimate of drug-likeness (QED) is 0.768. The molecule has 1 aliphatic rings. The van der Waals surface area contributed by atoms with Gasteiger partial charge >= 0.3 is 0 Å². The van der Waals surface area contributed by atoms with Crippen LogP contribution in [0.5, 0.6) is 0 Å². The number of amides is 1. The second-order valence-electron chi connectivity index (χ2n) is 7.08. The average Bonchev–Trinajstić information content (AvgIpc) is 2.58. The third-order valence-corrected chi connectivity index (χ3v) is 5.99. The van der Waals surface area contributed by atoms with Crippen LogP contribution in [0.15, 0.2) is 24.3 Å². The topological polar surface area (TPSA) is 66.5 Å². The maximum atomic E-state index is 12.1. The molecule has 0 spiro atoms. The van der Waals surface area contributed by atoms with Crippen molar-refractivity contribution in [3.8, 4) is 0 Å². The van der Waals surface area contributed by atoms with Crippen LogP contribution >= 0.6 is 0 Å². The van der Waals surface area contributed by atoms with E-state index < -0.39 is 10.0 Å². The lowest BCUT2D eigenvalue weighted by Crippen LogP contribution is -2.33. The van der Waals surface area contributed by atoms with Crippen molar-refractivity contribution in [2.24, 2.45) is 5.92 Å². The molecule has 6 heteroatoms. The highest BCUT2D eigenvalue weighted by Crippen LogP contribution is 2.23. The third-order valence-electron chi connectivity index (χ3n) is 4.80. The summed E-state index contributed by atoms with van der Waals surface area (Å²) in [6.07, 6.45) is 8.31. The van der Waals surface area contributed by atoms with Crippen LogP contribution in [0.3, 0.4) is 0 Å². The van der Waals surface area contributed by atoms with Gasteiger partial charge in [-0.25, -0.2) is 8.42 Å². The monoisotopic (exact) mass is 366 g/mol. The Bertz CT molecular complexity index is 650. The molecule has 0 radical (unpaired) electrons. The summed E-state index contributed by atoms with van der Waals surface area (Å²) in [4.78, 5) is 12.0. The minimum absolute atomic E-state index is 0.0166. The highest BCUT2D eigenvalue weighted by Gasteiger charge is 2.18. The Labute approximate surface area is 151 Å². The van der Waals surface area contributed by atoms with Gasteiger partial charge in [0.1, 0.15) is 0 Å². The summed E-state index contributed by atoms with van der Waals surface area (Å²) in [7, 11) is -3.36. The zero-order valence-corrected chi connectivity index (χ0v) is 16.1. The Balaban J connectivity index is 1.80. The predicted molar refractivity (Wildman–Crippen MR) is 102 cm³/mol. The number of sulfonamides is 1. The molecule has 1 aromatic rings. The number of carbonyl (C=O) groups is 1. The minimum Gasteiger partial charge on any atom is -0.356 e. The number of carbonyl (C=O) groups excluding carboxylic acids is 1. The van der Waals surface area contributed by atoms with Crippen LogP contribution in [0.4, 0.5) is 5.69 Å². The molecule has 0 unspecified atom stereocenters. The molecule has 0 saturated heterocycles. The van der Waals surface area contributed by atoms with Crippen LogP contribution in [0.25, 0.3) is 0 Å². The summed E-state index contributed by atoms with van der Waals surface area (Å²) in [6, 6.07) is 7.40. The van der Waals surface area contributed by atoms with Crippen molar-refractivity contribution >= 4 is 21.6 Å². The van der Waals surface area contributed by atoms with Crippen LogP contribution in [0.1, 0.15) is 50.5 Å². The van der Waals surface area contributed by atoms with Crippen molar-refractivity contribution in [2.75, 3.05) is 23.7 Å². The molecule has 0 heterocycles. The molecule has 1 aromatic carbocycles. The number of rotatable bonds is 8. The number of nitrogens with one attached hydrogen (secondary N) is 1. The van der Waals surface area contributed by atoms with Gasteiger partial charge in [0.05, 0.1) is 11.9 Å². The number of benzene rings is 1. The zero-order chi connectivity index (χ0) is 18.3. The van der Waals surface area contributed by atoms with Crippen LogP contribution in [-0.4, -0.2) is 33.7 Å². The van der Waals surface area contributed by atoms with Crippen molar-refractivity contribution in [3.05, 3.63) is 29.8 Å². The van der Waals surface area contributed by atoms with Crippen LogP contribution in [-0.2, 0) is 14.8 Å². The van der Waals surface area contributed by atoms with Crippen molar-refractivity contribution in [2.45, 2.75) is 51.9 Å². The second kappa shape index (κ2) is 9.22. The van der Waals surface area contributed by atoms with Crippen molar-refractivity contribution in [3.63, 3.8) is 0 Å². The van der Waals surface area contributed by atoms with E-state index in [9.17, 15) is 13.2 Å². The molecule has 0 atom stereocenters. The Kier molecular flexibility index (Phi) is 7.29. The Morgan fingerprint density at radius 2 is 1.80 bits per heavy atom. The van der Waals surface area contributed by atoms with Gasteiger partial charge in [0.15, 0.2) is 0 Å². The van der Waals surface area contributed by atoms with Gasteiger partial charge < -0.3 is 5.32 Å². The maximum Gasteiger partial charge on any atom is 0.232 e. The smallest absolute Gasteiger partial charge is 0.232 e. The number of hydrogen-bond donors (Lipinski definition) is 1. The van der Waals surface area contributed by atoms with E-state index in [4.69, 9.17) is 0 Å². The number of nitrogens with zero attached hydrogens (tertiary/aromatic N) is 1. The SMILES string of the molecule is Cc1ccc(N(CCCC(=O)NCC2CCCCC2)S(C)(=O)=O)cc1. The molecule has 5 nitrogen and oxygen atoms in total. The molecule has 0 aromatic heterocycles. The molecular formula is C19H30N2O3S. The fourth-order valence-electron chi connectivity index (χ4n) is 3.32. The zero-order valence-electron chi connectivity index (χ0n) is 15.3. The lowest BCUT2D eigenvalue weighted by molar-refractivity contribution is -0.121. The number of anilines is 1. The summed E-state index contributed by atoms with van der Waals surface area (Å²) in [5, 5.41) is 3.01. The van der Waals surface area contributed by atoms with Gasteiger partial charge in [-0.1, -0.05) is 37.0 Å². The van der Waals surface area contributed by atoms with Gasteiger partial charge in [0.2, 0.25) is 15.9 Å². The molecule has 0 aliphatic heterocycles. The lowest BCUT2D eigenvalue weighted by Gasteiger charge is -2.23. The molecule has 1 amide bonds. The molecule has 1 fully saturated rings. The van der Waals surface area contributed by atoms with Gasteiger partial charge in [-0.15, -0.1) is 0 Å². The standard InChI is InChI=1S/C19H30N2O3S/c1-16-10-12-18(13-11-16)21(25(2,23)24)14-6-9-19(22)20-15-17-7-4-3-5-8-17/h10-13,17H,3-9,14-15H2,1-2H3,(H,20,22). The van der Waals surface area contributed by atoms with E-state index in [0.717, 1.165) is 12.1 Å². The van der Waals surface area contributed by atoms with Crippen molar-refractivity contribution in [1.29, 1.82) is 0 Å². The normalized spacial score (nSPS) is 15.8. The van der Waals surface area contributed by atoms with E-state index in [2.05, 4.69) is 5.32 Å². The van der Waals surface area contributed by atoms with Crippen LogP contribution in [0.2, 0.25) is 0 Å². The largest absolute Gasteiger partial charge is 0.356 e. The molecule has 1 aliphatic carbocycles. The molecule has 1 N–H and O–H groups in total. The molecule has 25 heavy (non-hydrogen) atoms. The lowest BCUT2D eigenvalue weighted by atomic mass is 9.89. The molecule has 140 valence electrons. The Morgan fingerprint density at radius 1 is 1.16 bits per heavy atom. The number of hydrogen-bond acceptors (Lipinski definition) is 3. The number of aryl methyl sites for hydroxylation is 1. The first kappa shape index (κ1) is 19.8. The first-order valence-electron chi connectivity index (χ1n) is 9.17. The van der Waals surface area contributed by atoms with Crippen molar-refractivity contribution < 1.29 is 13.2 Å². The summed E-state index contributed by atoms with van der Waals surface area (Å²) in [5.41, 5.74) is 1.73. The van der Waals surface area contributed by atoms with Crippen LogP contribution in [0, 0.1) is 12.8 Å². The van der Waals surface area contributed by atoms with E-state index in [1.807, 2.05) is 19.1 Å². The highest BCUT2D eigenvalue weighted by molar-refractivity contribution is 7.92. The first-order valence-corrected chi connectivity index (χ1v) is 11.0. The van der Waals surface area contributed by atoms with Gasteiger partial charge in [-0.2, -0.15) is 0 Å². The molecule has 2 rings (SSSR count). The van der Waals surface area contributed by atoms with Gasteiger partial charge in [-0.3, -0.25) is 9.10 Å². The van der Waals surface area contributed by atoms with Gasteiger partial charge in [0, 0.05) is 19.5 Å². The fourth-order valence-corrected chi connectivity index (χ4v) is 4.28. The summed E-state index contributed by atoms with van der Waals surface area (Å²) < 4.78 is 25.5. The van der Waals surface area contributed by atoms with E-state index in [-0.39, 0.29) is 5.91 Å². The van der Waals surface area contributed by atoms with Gasteiger partial charge in [-0.05, 0) is 44.2 Å². The molecule has 1 saturated carbocycles. The summed E-state index contributed by atoms with van der Waals surface area (Å²) in [5.74, 6) is 0.626. The van der Waals surface area contributed by atoms with Crippen LogP contribution < -0.4 is 9.62 Å². The van der Waals surface area contributed by atoms with Crippen molar-refractivity contribution in [1.82, 2.24) is 5.32 Å². The fraction of sp³-hybridized carbons (Fsp3) is 0.632. The average molecular weight is 367 g/mol. The van der Waals surface area contributed by atoms with E-state index in [1.165, 1.54) is 42.7 Å². The third kappa shape index (κ3) is 6.69. The first-order chi connectivity index (χ1) is 11.9. The predicted octanol–water partition coefficient (Wildman–Crippen LogP) is 3.24. The Hall–Kier alpha value is -1.56. The van der Waals surface area contributed by atoms with Gasteiger partial charge in [0.25, 0.3) is 0 Å².